The van der Waals surface area contributed by atoms with Gasteiger partial charge < -0.3 is 0 Å². The lowest BCUT2D eigenvalue weighted by molar-refractivity contribution is 0.0998. The molecule has 4 nitrogen and oxygen atoms in total. The average Bonchev–Trinajstić information content (AvgIpc) is 2.06. The Kier molecular flexibility index (Phi) is 2.40. The van der Waals surface area contributed by atoms with E-state index in [9.17, 15) is 14.0 Å². The van der Waals surface area contributed by atoms with Crippen molar-refractivity contribution in [2.75, 3.05) is 0 Å². The van der Waals surface area contributed by atoms with Gasteiger partial charge in [-0.25, -0.2) is 14.2 Å². The summed E-state index contributed by atoms with van der Waals surface area (Å²) in [6, 6.07) is 2.19. The first-order valence-corrected chi connectivity index (χ1v) is 2.98. The standard InChI is InChI=1S/C7H3FN2O2/c8-5-1-2-6(9-3-5)7(12)10-4-11/h1-3H. The van der Waals surface area contributed by atoms with Gasteiger partial charge in [0.2, 0.25) is 6.08 Å². The van der Waals surface area contributed by atoms with E-state index < -0.39 is 11.7 Å². The van der Waals surface area contributed by atoms with Gasteiger partial charge in [0.25, 0.3) is 0 Å². The van der Waals surface area contributed by atoms with Gasteiger partial charge in [-0.2, -0.15) is 0 Å². The third-order valence-corrected chi connectivity index (χ3v) is 1.09. The van der Waals surface area contributed by atoms with E-state index in [1.807, 2.05) is 0 Å². The summed E-state index contributed by atoms with van der Waals surface area (Å²) in [5, 5.41) is 0. The third-order valence-electron chi connectivity index (χ3n) is 1.09. The van der Waals surface area contributed by atoms with Crippen molar-refractivity contribution < 1.29 is 14.0 Å². The summed E-state index contributed by atoms with van der Waals surface area (Å²) in [4.78, 5) is 26.6. The van der Waals surface area contributed by atoms with Crippen LogP contribution in [0.2, 0.25) is 0 Å². The zero-order valence-corrected chi connectivity index (χ0v) is 5.82. The molecule has 60 valence electrons. The zero-order valence-electron chi connectivity index (χ0n) is 5.82. The maximum absolute atomic E-state index is 12.3. The number of isocyanates is 1. The molecule has 0 bridgehead atoms. The molecule has 0 aliphatic heterocycles. The number of aliphatic imine (C=N–C) groups is 1. The molecule has 0 aliphatic rings. The molecule has 1 amide bonds. The molecule has 1 aromatic rings. The monoisotopic (exact) mass is 166 g/mol. The predicted octanol–water partition coefficient (Wildman–Crippen LogP) is 0.697. The number of pyridine rings is 1. The highest BCUT2D eigenvalue weighted by Gasteiger charge is 2.04. The minimum absolute atomic E-state index is 0.0836. The predicted molar refractivity (Wildman–Crippen MR) is 36.6 cm³/mol. The van der Waals surface area contributed by atoms with Crippen molar-refractivity contribution in [1.29, 1.82) is 0 Å². The lowest BCUT2D eigenvalue weighted by Gasteiger charge is -1.90. The molecule has 0 fully saturated rings. The molecule has 0 N–H and O–H groups in total. The van der Waals surface area contributed by atoms with Gasteiger partial charge in [-0.15, -0.1) is 4.99 Å². The maximum atomic E-state index is 12.3. The van der Waals surface area contributed by atoms with Crippen molar-refractivity contribution in [3.8, 4) is 0 Å². The van der Waals surface area contributed by atoms with Gasteiger partial charge in [0.05, 0.1) is 6.20 Å². The summed E-state index contributed by atoms with van der Waals surface area (Å²) in [5.41, 5.74) is -0.0836. The Hall–Kier alpha value is -1.87. The van der Waals surface area contributed by atoms with Gasteiger partial charge in [0.1, 0.15) is 11.5 Å². The summed E-state index contributed by atoms with van der Waals surface area (Å²) < 4.78 is 12.3. The summed E-state index contributed by atoms with van der Waals surface area (Å²) in [6.07, 6.45) is 1.94. The largest absolute Gasteiger partial charge is 0.306 e. The highest BCUT2D eigenvalue weighted by Crippen LogP contribution is 1.98. The molecule has 0 aromatic carbocycles. The highest BCUT2D eigenvalue weighted by atomic mass is 19.1. The van der Waals surface area contributed by atoms with E-state index in [0.717, 1.165) is 24.4 Å². The number of halogens is 1. The fourth-order valence-electron chi connectivity index (χ4n) is 0.601. The molecule has 0 saturated heterocycles. The number of rotatable bonds is 1. The van der Waals surface area contributed by atoms with Crippen LogP contribution < -0.4 is 0 Å². The van der Waals surface area contributed by atoms with Gasteiger partial charge in [0.15, 0.2) is 0 Å². The second kappa shape index (κ2) is 3.50. The molecule has 12 heavy (non-hydrogen) atoms. The smallest absolute Gasteiger partial charge is 0.264 e. The van der Waals surface area contributed by atoms with Crippen LogP contribution in [0, 0.1) is 5.82 Å². The van der Waals surface area contributed by atoms with Crippen LogP contribution in [0.15, 0.2) is 23.3 Å². The number of carbonyl (C=O) groups excluding carboxylic acids is 2. The summed E-state index contributed by atoms with van der Waals surface area (Å²) in [6.45, 7) is 0. The van der Waals surface area contributed by atoms with Crippen LogP contribution in [-0.4, -0.2) is 17.0 Å². The first kappa shape index (κ1) is 8.23. The molecule has 1 heterocycles. The van der Waals surface area contributed by atoms with E-state index in [2.05, 4.69) is 9.98 Å². The Balaban J connectivity index is 2.97. The van der Waals surface area contributed by atoms with E-state index in [-0.39, 0.29) is 5.69 Å². The number of hydrogen-bond donors (Lipinski definition) is 0. The number of aromatic nitrogens is 1. The molecule has 1 rings (SSSR count). The number of carbonyl (C=O) groups is 1. The summed E-state index contributed by atoms with van der Waals surface area (Å²) in [5.74, 6) is -1.38. The van der Waals surface area contributed by atoms with Gasteiger partial charge in [0, 0.05) is 0 Å². The van der Waals surface area contributed by atoms with Crippen molar-refractivity contribution >= 4 is 12.0 Å². The Labute approximate surface area is 66.8 Å². The van der Waals surface area contributed by atoms with Gasteiger partial charge in [-0.1, -0.05) is 0 Å². The number of nitrogens with zero attached hydrogens (tertiary/aromatic N) is 2. The third kappa shape index (κ3) is 1.81. The second-order valence-corrected chi connectivity index (χ2v) is 1.87. The van der Waals surface area contributed by atoms with Gasteiger partial charge in [-0.3, -0.25) is 4.79 Å². The van der Waals surface area contributed by atoms with Crippen LogP contribution >= 0.6 is 0 Å². The lowest BCUT2D eigenvalue weighted by atomic mass is 10.3. The van der Waals surface area contributed by atoms with Gasteiger partial charge >= 0.3 is 5.91 Å². The molecule has 1 aromatic heterocycles. The Morgan fingerprint density at radius 3 is 2.83 bits per heavy atom. The Morgan fingerprint density at radius 1 is 1.58 bits per heavy atom. The van der Waals surface area contributed by atoms with Gasteiger partial charge in [-0.05, 0) is 12.1 Å². The van der Waals surface area contributed by atoms with E-state index >= 15 is 0 Å². The Bertz CT molecular complexity index is 341. The molecule has 0 unspecified atom stereocenters. The average molecular weight is 166 g/mol. The summed E-state index contributed by atoms with van der Waals surface area (Å²) in [7, 11) is 0. The first-order valence-electron chi connectivity index (χ1n) is 2.98. The molecule has 0 saturated carbocycles. The van der Waals surface area contributed by atoms with Crippen LogP contribution in [0.4, 0.5) is 4.39 Å². The fourth-order valence-corrected chi connectivity index (χ4v) is 0.601. The second-order valence-electron chi connectivity index (χ2n) is 1.87. The van der Waals surface area contributed by atoms with Crippen LogP contribution in [0.1, 0.15) is 10.5 Å². The van der Waals surface area contributed by atoms with Crippen molar-refractivity contribution in [2.24, 2.45) is 4.99 Å². The highest BCUT2D eigenvalue weighted by molar-refractivity contribution is 5.95. The van der Waals surface area contributed by atoms with Crippen LogP contribution in [0.5, 0.6) is 0 Å². The fraction of sp³-hybridized carbons (Fsp3) is 0. The molecule has 0 radical (unpaired) electrons. The molecule has 0 aliphatic carbocycles. The minimum Gasteiger partial charge on any atom is -0.264 e. The lowest BCUT2D eigenvalue weighted by Crippen LogP contribution is -1.97. The Morgan fingerprint density at radius 2 is 2.33 bits per heavy atom. The topological polar surface area (TPSA) is 59.4 Å². The van der Waals surface area contributed by atoms with Crippen LogP contribution in [0.3, 0.4) is 0 Å². The number of amides is 1. The summed E-state index contributed by atoms with van der Waals surface area (Å²) >= 11 is 0. The maximum Gasteiger partial charge on any atom is 0.306 e. The normalized spacial score (nSPS) is 8.75. The molecular formula is C7H3FN2O2. The van der Waals surface area contributed by atoms with E-state index in [1.165, 1.54) is 0 Å². The first-order chi connectivity index (χ1) is 5.74. The quantitative estimate of drug-likeness (QED) is 0.455. The van der Waals surface area contributed by atoms with Crippen LogP contribution in [-0.2, 0) is 4.79 Å². The van der Waals surface area contributed by atoms with E-state index in [4.69, 9.17) is 0 Å². The molecular weight excluding hydrogens is 163 g/mol. The van der Waals surface area contributed by atoms with Crippen molar-refractivity contribution in [3.63, 3.8) is 0 Å². The minimum atomic E-state index is -0.829. The number of hydrogen-bond acceptors (Lipinski definition) is 3. The molecule has 0 spiro atoms. The van der Waals surface area contributed by atoms with E-state index in [1.54, 1.807) is 0 Å². The van der Waals surface area contributed by atoms with Crippen molar-refractivity contribution in [3.05, 3.63) is 29.8 Å². The van der Waals surface area contributed by atoms with Crippen molar-refractivity contribution in [1.82, 2.24) is 4.98 Å². The van der Waals surface area contributed by atoms with Crippen molar-refractivity contribution in [2.45, 2.75) is 0 Å². The molecule has 5 heteroatoms. The molecule has 0 atom stereocenters. The SMILES string of the molecule is O=C=NC(=O)c1ccc(F)cn1. The van der Waals surface area contributed by atoms with Crippen LogP contribution in [0.25, 0.3) is 0 Å². The van der Waals surface area contributed by atoms with E-state index in [0.29, 0.717) is 0 Å². The zero-order chi connectivity index (χ0) is 8.97.